The van der Waals surface area contributed by atoms with Crippen LogP contribution in [0.15, 0.2) is 12.2 Å². The molecule has 0 saturated heterocycles. The van der Waals surface area contributed by atoms with E-state index < -0.39 is 30.0 Å². The normalized spacial score (nSPS) is 35.0. The molecular formula is C10H10F3NO3. The highest BCUT2D eigenvalue weighted by Crippen LogP contribution is 2.44. The molecule has 0 radical (unpaired) electrons. The number of carbonyl (C=O) groups is 2. The van der Waals surface area contributed by atoms with Gasteiger partial charge in [-0.2, -0.15) is 13.2 Å². The van der Waals surface area contributed by atoms with Gasteiger partial charge in [0.15, 0.2) is 0 Å². The average Bonchev–Trinajstić information content (AvgIpc) is 2.75. The van der Waals surface area contributed by atoms with Gasteiger partial charge in [0.1, 0.15) is 0 Å². The largest absolute Gasteiger partial charge is 0.481 e. The third kappa shape index (κ3) is 2.01. The third-order valence-electron chi connectivity index (χ3n) is 3.30. The second-order valence-corrected chi connectivity index (χ2v) is 4.31. The first kappa shape index (κ1) is 11.9. The number of hydrogen-bond donors (Lipinski definition) is 2. The number of carboxylic acids is 1. The maximum Gasteiger partial charge on any atom is 0.471 e. The van der Waals surface area contributed by atoms with Gasteiger partial charge in [0.2, 0.25) is 0 Å². The zero-order chi connectivity index (χ0) is 12.8. The number of fused-ring (bicyclic) bond motifs is 2. The molecule has 0 aromatic heterocycles. The molecule has 2 N–H and O–H groups in total. The van der Waals surface area contributed by atoms with Gasteiger partial charge in [-0.05, 0) is 18.3 Å². The Bertz CT molecular complexity index is 391. The van der Waals surface area contributed by atoms with E-state index in [-0.39, 0.29) is 11.8 Å². The standard InChI is InChI=1S/C10H10F3NO3/c11-10(12,13)9(17)14-7-5-2-1-4(3-5)6(7)8(15)16/h1-2,4-7H,3H2,(H,14,17)(H,15,16)/t4-,5+,6+,7-/m1/s1. The zero-order valence-corrected chi connectivity index (χ0v) is 8.57. The number of carboxylic acid groups (broad SMARTS) is 1. The van der Waals surface area contributed by atoms with Gasteiger partial charge in [0.25, 0.3) is 0 Å². The zero-order valence-electron chi connectivity index (χ0n) is 8.57. The first-order valence-corrected chi connectivity index (χ1v) is 5.09. The molecule has 0 aromatic rings. The van der Waals surface area contributed by atoms with Crippen LogP contribution in [-0.2, 0) is 9.59 Å². The molecule has 2 aliphatic carbocycles. The van der Waals surface area contributed by atoms with Crippen molar-refractivity contribution < 1.29 is 27.9 Å². The second-order valence-electron chi connectivity index (χ2n) is 4.31. The van der Waals surface area contributed by atoms with E-state index in [1.165, 1.54) is 0 Å². The van der Waals surface area contributed by atoms with Crippen LogP contribution in [0.4, 0.5) is 13.2 Å². The molecule has 1 amide bonds. The molecule has 94 valence electrons. The van der Waals surface area contributed by atoms with E-state index in [1.54, 1.807) is 17.5 Å². The van der Waals surface area contributed by atoms with Gasteiger partial charge in [0, 0.05) is 6.04 Å². The SMILES string of the molecule is O=C(O)[C@@H]1[C@H](NC(=O)C(F)(F)F)[C@H]2C=C[C@@H]1C2. The summed E-state index contributed by atoms with van der Waals surface area (Å²) in [7, 11) is 0. The van der Waals surface area contributed by atoms with Crippen LogP contribution in [0.2, 0.25) is 0 Å². The summed E-state index contributed by atoms with van der Waals surface area (Å²) in [5, 5.41) is 10.7. The Morgan fingerprint density at radius 3 is 2.35 bits per heavy atom. The molecule has 1 fully saturated rings. The maximum absolute atomic E-state index is 12.1. The Morgan fingerprint density at radius 2 is 1.82 bits per heavy atom. The first-order chi connectivity index (χ1) is 7.80. The Labute approximate surface area is 94.5 Å². The van der Waals surface area contributed by atoms with E-state index in [9.17, 15) is 22.8 Å². The lowest BCUT2D eigenvalue weighted by Gasteiger charge is -2.26. The van der Waals surface area contributed by atoms with Crippen LogP contribution < -0.4 is 5.32 Å². The summed E-state index contributed by atoms with van der Waals surface area (Å²) in [6.45, 7) is 0. The van der Waals surface area contributed by atoms with Crippen molar-refractivity contribution in [2.75, 3.05) is 0 Å². The van der Waals surface area contributed by atoms with Crippen molar-refractivity contribution in [3.05, 3.63) is 12.2 Å². The van der Waals surface area contributed by atoms with Crippen LogP contribution >= 0.6 is 0 Å². The van der Waals surface area contributed by atoms with Gasteiger partial charge in [0.05, 0.1) is 5.92 Å². The van der Waals surface area contributed by atoms with E-state index >= 15 is 0 Å². The summed E-state index contributed by atoms with van der Waals surface area (Å²) >= 11 is 0. The van der Waals surface area contributed by atoms with Crippen LogP contribution in [-0.4, -0.2) is 29.2 Å². The highest BCUT2D eigenvalue weighted by molar-refractivity contribution is 5.83. The lowest BCUT2D eigenvalue weighted by atomic mass is 9.89. The number of halogens is 3. The highest BCUT2D eigenvalue weighted by atomic mass is 19.4. The molecule has 2 rings (SSSR count). The van der Waals surface area contributed by atoms with Crippen molar-refractivity contribution in [3.63, 3.8) is 0 Å². The van der Waals surface area contributed by atoms with Crippen LogP contribution in [0.25, 0.3) is 0 Å². The van der Waals surface area contributed by atoms with Gasteiger partial charge < -0.3 is 10.4 Å². The average molecular weight is 249 g/mol. The predicted octanol–water partition coefficient (Wildman–Crippen LogP) is 0.940. The number of aliphatic carboxylic acids is 1. The fourth-order valence-electron chi connectivity index (χ4n) is 2.59. The molecule has 4 atom stereocenters. The topological polar surface area (TPSA) is 66.4 Å². The number of allylic oxidation sites excluding steroid dienone is 1. The van der Waals surface area contributed by atoms with Gasteiger partial charge in [-0.1, -0.05) is 12.2 Å². The van der Waals surface area contributed by atoms with E-state index in [0.29, 0.717) is 6.42 Å². The van der Waals surface area contributed by atoms with Crippen molar-refractivity contribution in [2.24, 2.45) is 17.8 Å². The fourth-order valence-corrected chi connectivity index (χ4v) is 2.59. The first-order valence-electron chi connectivity index (χ1n) is 5.09. The minimum absolute atomic E-state index is 0.281. The lowest BCUT2D eigenvalue weighted by Crippen LogP contribution is -2.50. The number of nitrogens with one attached hydrogen (secondary N) is 1. The molecule has 4 nitrogen and oxygen atoms in total. The molecule has 0 spiro atoms. The van der Waals surface area contributed by atoms with Crippen LogP contribution in [0.1, 0.15) is 6.42 Å². The number of alkyl halides is 3. The number of carbonyl (C=O) groups excluding carboxylic acids is 1. The van der Waals surface area contributed by atoms with Crippen LogP contribution in [0.5, 0.6) is 0 Å². The van der Waals surface area contributed by atoms with Crippen LogP contribution in [0, 0.1) is 17.8 Å². The summed E-state index contributed by atoms with van der Waals surface area (Å²) in [5.74, 6) is -4.80. The van der Waals surface area contributed by atoms with Gasteiger partial charge in [-0.3, -0.25) is 9.59 Å². The summed E-state index contributed by atoms with van der Waals surface area (Å²) in [6, 6.07) is -0.961. The minimum atomic E-state index is -4.98. The van der Waals surface area contributed by atoms with E-state index in [0.717, 1.165) is 0 Å². The maximum atomic E-state index is 12.1. The molecular weight excluding hydrogens is 239 g/mol. The Kier molecular flexibility index (Phi) is 2.63. The molecule has 7 heteroatoms. The molecule has 17 heavy (non-hydrogen) atoms. The Balaban J connectivity index is 2.13. The summed E-state index contributed by atoms with van der Waals surface area (Å²) in [5.41, 5.74) is 0. The lowest BCUT2D eigenvalue weighted by molar-refractivity contribution is -0.175. The van der Waals surface area contributed by atoms with Gasteiger partial charge in [-0.15, -0.1) is 0 Å². The quantitative estimate of drug-likeness (QED) is 0.716. The second kappa shape index (κ2) is 3.75. The molecule has 2 bridgehead atoms. The smallest absolute Gasteiger partial charge is 0.471 e. The van der Waals surface area contributed by atoms with Crippen molar-refractivity contribution in [1.29, 1.82) is 0 Å². The predicted molar refractivity (Wildman–Crippen MR) is 49.8 cm³/mol. The van der Waals surface area contributed by atoms with Crippen molar-refractivity contribution in [1.82, 2.24) is 5.32 Å². The summed E-state index contributed by atoms with van der Waals surface area (Å²) < 4.78 is 36.3. The highest BCUT2D eigenvalue weighted by Gasteiger charge is 2.51. The summed E-state index contributed by atoms with van der Waals surface area (Å²) in [4.78, 5) is 21.8. The number of rotatable bonds is 2. The summed E-state index contributed by atoms with van der Waals surface area (Å²) in [6.07, 6.45) is -1.13. The minimum Gasteiger partial charge on any atom is -0.481 e. The molecule has 1 saturated carbocycles. The van der Waals surface area contributed by atoms with Crippen molar-refractivity contribution >= 4 is 11.9 Å². The third-order valence-corrected chi connectivity index (χ3v) is 3.30. The van der Waals surface area contributed by atoms with Gasteiger partial charge >= 0.3 is 18.1 Å². The van der Waals surface area contributed by atoms with E-state index in [2.05, 4.69) is 0 Å². The molecule has 0 heterocycles. The number of amides is 1. The molecule has 0 unspecified atom stereocenters. The Hall–Kier alpha value is -1.53. The fraction of sp³-hybridized carbons (Fsp3) is 0.600. The number of hydrogen-bond acceptors (Lipinski definition) is 2. The van der Waals surface area contributed by atoms with Crippen LogP contribution in [0.3, 0.4) is 0 Å². The molecule has 0 aromatic carbocycles. The molecule has 2 aliphatic rings. The monoisotopic (exact) mass is 249 g/mol. The van der Waals surface area contributed by atoms with Crippen molar-refractivity contribution in [3.8, 4) is 0 Å². The molecule has 0 aliphatic heterocycles. The van der Waals surface area contributed by atoms with E-state index in [1.807, 2.05) is 0 Å². The van der Waals surface area contributed by atoms with Gasteiger partial charge in [-0.25, -0.2) is 0 Å². The van der Waals surface area contributed by atoms with E-state index in [4.69, 9.17) is 5.11 Å². The van der Waals surface area contributed by atoms with Crippen molar-refractivity contribution in [2.45, 2.75) is 18.6 Å². The Morgan fingerprint density at radius 1 is 1.24 bits per heavy atom.